The van der Waals surface area contributed by atoms with Crippen LogP contribution in [0.5, 0.6) is 0 Å². The summed E-state index contributed by atoms with van der Waals surface area (Å²) in [7, 11) is 3.62. The molecule has 20 heteroatoms. The van der Waals surface area contributed by atoms with Crippen molar-refractivity contribution >= 4 is 78.8 Å². The van der Waals surface area contributed by atoms with Gasteiger partial charge >= 0.3 is 11.8 Å². The van der Waals surface area contributed by atoms with E-state index in [2.05, 4.69) is 30.6 Å². The zero-order valence-electron chi connectivity index (χ0n) is 38.1. The largest absolute Gasteiger partial charge is 0.454 e. The van der Waals surface area contributed by atoms with Crippen molar-refractivity contribution in [3.05, 3.63) is 130 Å². The second kappa shape index (κ2) is 20.0. The van der Waals surface area contributed by atoms with Gasteiger partial charge in [0, 0.05) is 58.8 Å². The lowest BCUT2D eigenvalue weighted by Crippen LogP contribution is -2.50. The van der Waals surface area contributed by atoms with Crippen molar-refractivity contribution < 1.29 is 46.2 Å². The quantitative estimate of drug-likeness (QED) is 0.0774. The number of rotatable bonds is 14. The number of carbonyl (C=O) groups excluding carboxylic acids is 2. The van der Waals surface area contributed by atoms with Crippen LogP contribution in [0.25, 0.3) is 43.7 Å². The van der Waals surface area contributed by atoms with Gasteiger partial charge in [0.15, 0.2) is 11.5 Å². The van der Waals surface area contributed by atoms with Crippen LogP contribution in [0.15, 0.2) is 106 Å². The number of carbonyl (C=O) groups is 2. The van der Waals surface area contributed by atoms with E-state index in [0.29, 0.717) is 31.9 Å². The van der Waals surface area contributed by atoms with E-state index in [1.165, 1.54) is 36.4 Å². The van der Waals surface area contributed by atoms with Gasteiger partial charge in [0.2, 0.25) is 0 Å². The molecular formula is C50H50Cl2F4N8O6. The first-order valence-corrected chi connectivity index (χ1v) is 23.6. The molecule has 2 saturated heterocycles. The standard InChI is InChI=1S/2C25H25ClF2N4O3/c2*1-31-20-6-4-15(10-17(20)13-29-31)23(33)19(14-32-8-2-3-9-32)30-24(34)25(27,28)22-12-16-11-18(26)5-7-21(16)35-22/h2*4-7,10-13,19,23,33H,2-3,8-9,14H2,1H3,(H,30,34)/t19-,23+;19-,23-/m11/s1. The van der Waals surface area contributed by atoms with Gasteiger partial charge in [-0.1, -0.05) is 35.3 Å². The molecule has 368 valence electrons. The molecule has 10 rings (SSSR count). The topological polar surface area (TPSA) is 167 Å². The number of halogens is 6. The highest BCUT2D eigenvalue weighted by atomic mass is 35.5. The van der Waals surface area contributed by atoms with Gasteiger partial charge in [0.1, 0.15) is 23.4 Å². The number of amides is 2. The molecule has 4 aromatic heterocycles. The van der Waals surface area contributed by atoms with Crippen molar-refractivity contribution in [1.29, 1.82) is 0 Å². The molecule has 8 aromatic rings. The smallest absolute Gasteiger partial charge is 0.380 e. The first-order chi connectivity index (χ1) is 33.4. The van der Waals surface area contributed by atoms with Crippen LogP contribution in [0.1, 0.15) is 60.5 Å². The number of aliphatic hydroxyl groups excluding tert-OH is 2. The van der Waals surface area contributed by atoms with Crippen LogP contribution < -0.4 is 10.6 Å². The van der Waals surface area contributed by atoms with E-state index < -0.39 is 59.5 Å². The number of aliphatic hydroxyl groups is 2. The summed E-state index contributed by atoms with van der Waals surface area (Å²) < 4.78 is 74.7. The van der Waals surface area contributed by atoms with Gasteiger partial charge in [0.25, 0.3) is 11.8 Å². The zero-order valence-corrected chi connectivity index (χ0v) is 39.6. The van der Waals surface area contributed by atoms with Crippen molar-refractivity contribution in [2.45, 2.75) is 61.8 Å². The van der Waals surface area contributed by atoms with E-state index in [-0.39, 0.29) is 24.3 Å². The average molecular weight is 1010 g/mol. The first kappa shape index (κ1) is 49.0. The summed E-state index contributed by atoms with van der Waals surface area (Å²) in [5.41, 5.74) is 3.18. The van der Waals surface area contributed by atoms with Crippen molar-refractivity contribution in [3.63, 3.8) is 0 Å². The number of benzene rings is 4. The molecule has 4 N–H and O–H groups in total. The summed E-state index contributed by atoms with van der Waals surface area (Å²) in [6, 6.07) is 19.9. The van der Waals surface area contributed by atoms with Gasteiger partial charge in [-0.25, -0.2) is 0 Å². The molecule has 6 heterocycles. The van der Waals surface area contributed by atoms with E-state index >= 15 is 17.6 Å². The van der Waals surface area contributed by atoms with Crippen molar-refractivity contribution in [1.82, 2.24) is 40.0 Å². The third-order valence-electron chi connectivity index (χ3n) is 13.1. The zero-order chi connectivity index (χ0) is 49.5. The Balaban J connectivity index is 0.000000174. The van der Waals surface area contributed by atoms with Gasteiger partial charge in [-0.05, 0) is 136 Å². The molecule has 4 atom stereocenters. The summed E-state index contributed by atoms with van der Waals surface area (Å²) in [6.07, 6.45) is 4.87. The summed E-state index contributed by atoms with van der Waals surface area (Å²) in [6.45, 7) is 3.60. The summed E-state index contributed by atoms with van der Waals surface area (Å²) in [4.78, 5) is 29.8. The van der Waals surface area contributed by atoms with Gasteiger partial charge in [0.05, 0.1) is 35.5 Å². The number of alkyl halides is 4. The lowest BCUT2D eigenvalue weighted by Gasteiger charge is -2.29. The Morgan fingerprint density at radius 3 is 1.37 bits per heavy atom. The number of furan rings is 2. The third kappa shape index (κ3) is 10.2. The van der Waals surface area contributed by atoms with E-state index in [4.69, 9.17) is 32.0 Å². The minimum absolute atomic E-state index is 0.204. The fraction of sp³-hybridized carbons (Fsp3) is 0.360. The highest BCUT2D eigenvalue weighted by molar-refractivity contribution is 6.31. The maximum atomic E-state index is 15.2. The fourth-order valence-electron chi connectivity index (χ4n) is 9.21. The minimum atomic E-state index is -3.94. The van der Waals surface area contributed by atoms with E-state index in [1.54, 1.807) is 46.0 Å². The molecule has 4 aromatic carbocycles. The van der Waals surface area contributed by atoms with Crippen LogP contribution in [0.4, 0.5) is 17.6 Å². The number of aryl methyl sites for hydroxylation is 2. The van der Waals surface area contributed by atoms with Gasteiger partial charge in [-0.3, -0.25) is 19.0 Å². The Labute approximate surface area is 408 Å². The minimum Gasteiger partial charge on any atom is -0.454 e. The number of likely N-dealkylation sites (tertiary alicyclic amines) is 2. The molecule has 2 fully saturated rings. The Bertz CT molecular complexity index is 2970. The second-order valence-corrected chi connectivity index (χ2v) is 18.8. The van der Waals surface area contributed by atoms with Gasteiger partial charge < -0.3 is 39.5 Å². The molecule has 0 aliphatic carbocycles. The molecular weight excluding hydrogens is 955 g/mol. The molecule has 0 unspecified atom stereocenters. The molecule has 70 heavy (non-hydrogen) atoms. The molecule has 2 aliphatic heterocycles. The van der Waals surface area contributed by atoms with Crippen LogP contribution >= 0.6 is 23.2 Å². The Morgan fingerprint density at radius 2 is 0.986 bits per heavy atom. The van der Waals surface area contributed by atoms with Crippen LogP contribution in [0.3, 0.4) is 0 Å². The molecule has 0 spiro atoms. The summed E-state index contributed by atoms with van der Waals surface area (Å²) in [5, 5.41) is 38.7. The number of fused-ring (bicyclic) bond motifs is 4. The van der Waals surface area contributed by atoms with E-state index in [0.717, 1.165) is 85.8 Å². The maximum Gasteiger partial charge on any atom is 0.380 e. The Kier molecular flexibility index (Phi) is 14.0. The fourth-order valence-corrected chi connectivity index (χ4v) is 9.57. The van der Waals surface area contributed by atoms with Gasteiger partial charge in [-0.2, -0.15) is 27.8 Å². The number of hydrogen-bond donors (Lipinski definition) is 4. The molecule has 2 amide bonds. The van der Waals surface area contributed by atoms with Crippen LogP contribution in [-0.2, 0) is 35.5 Å². The monoisotopic (exact) mass is 1000 g/mol. The number of nitrogens with zero attached hydrogens (tertiary/aromatic N) is 6. The van der Waals surface area contributed by atoms with Crippen molar-refractivity contribution in [3.8, 4) is 0 Å². The highest BCUT2D eigenvalue weighted by Crippen LogP contribution is 2.37. The molecule has 0 radical (unpaired) electrons. The number of aromatic nitrogens is 4. The number of hydrogen-bond acceptors (Lipinski definition) is 10. The van der Waals surface area contributed by atoms with Crippen LogP contribution in [0.2, 0.25) is 10.0 Å². The predicted octanol–water partition coefficient (Wildman–Crippen LogP) is 8.76. The number of nitrogens with one attached hydrogen (secondary N) is 2. The van der Waals surface area contributed by atoms with E-state index in [1.807, 2.05) is 26.2 Å². The van der Waals surface area contributed by atoms with Gasteiger partial charge in [-0.15, -0.1) is 0 Å². The van der Waals surface area contributed by atoms with E-state index in [9.17, 15) is 19.8 Å². The normalized spacial score (nSPS) is 16.7. The lowest BCUT2D eigenvalue weighted by atomic mass is 9.99. The predicted molar refractivity (Wildman–Crippen MR) is 257 cm³/mol. The summed E-state index contributed by atoms with van der Waals surface area (Å²) in [5.74, 6) is -12.5. The third-order valence-corrected chi connectivity index (χ3v) is 13.5. The van der Waals surface area contributed by atoms with Crippen molar-refractivity contribution in [2.24, 2.45) is 14.1 Å². The second-order valence-electron chi connectivity index (χ2n) is 18.0. The molecule has 14 nitrogen and oxygen atoms in total. The van der Waals surface area contributed by atoms with Crippen LogP contribution in [-0.4, -0.2) is 103 Å². The SMILES string of the molecule is Cn1ncc2cc([C@@H](O)[C@@H](CN3CCCC3)NC(=O)C(F)(F)c3cc4cc(Cl)ccc4o3)ccc21.Cn1ncc2cc([C@H](O)[C@@H](CN3CCCC3)NC(=O)C(F)(F)c3cc4cc(Cl)ccc4o3)ccc21. The first-order valence-electron chi connectivity index (χ1n) is 22.9. The maximum absolute atomic E-state index is 15.2. The average Bonchev–Trinajstić information content (AvgIpc) is 4.22. The molecule has 0 bridgehead atoms. The Hall–Kier alpha value is -6.02. The molecule has 0 saturated carbocycles. The Morgan fingerprint density at radius 1 is 0.600 bits per heavy atom. The van der Waals surface area contributed by atoms with Crippen molar-refractivity contribution in [2.75, 3.05) is 39.3 Å². The summed E-state index contributed by atoms with van der Waals surface area (Å²) >= 11 is 11.9. The van der Waals surface area contributed by atoms with Crippen LogP contribution in [0, 0.1) is 0 Å². The highest BCUT2D eigenvalue weighted by Gasteiger charge is 2.47. The lowest BCUT2D eigenvalue weighted by molar-refractivity contribution is -0.151. The molecule has 2 aliphatic rings.